The number of hydrogen-bond acceptors (Lipinski definition) is 2. The van der Waals surface area contributed by atoms with Crippen molar-refractivity contribution in [3.63, 3.8) is 0 Å². The van der Waals surface area contributed by atoms with Gasteiger partial charge < -0.3 is 10.5 Å². The van der Waals surface area contributed by atoms with E-state index in [1.54, 1.807) is 12.1 Å². The van der Waals surface area contributed by atoms with Crippen molar-refractivity contribution in [2.45, 2.75) is 0 Å². The van der Waals surface area contributed by atoms with Crippen LogP contribution in [0.25, 0.3) is 4.72 Å². The van der Waals surface area contributed by atoms with Gasteiger partial charge in [0.1, 0.15) is 0 Å². The molecule has 90 valence electrons. The number of halogens is 3. The number of hydrogen-bond donors (Lipinski definition) is 1. The molecule has 0 saturated carbocycles. The van der Waals surface area contributed by atoms with Crippen LogP contribution in [0.3, 0.4) is 0 Å². The van der Waals surface area contributed by atoms with E-state index in [2.05, 4.69) is 58.2 Å². The molecule has 0 spiro atoms. The van der Waals surface area contributed by atoms with Crippen molar-refractivity contribution in [2.24, 2.45) is 0 Å². The fourth-order valence-corrected chi connectivity index (χ4v) is 4.59. The molecule has 0 saturated heterocycles. The minimum absolute atomic E-state index is 0.0536. The Morgan fingerprint density at radius 2 is 1.69 bits per heavy atom. The molecule has 16 heavy (non-hydrogen) atoms. The second-order valence-electron chi connectivity index (χ2n) is 2.95. The van der Waals surface area contributed by atoms with Gasteiger partial charge in [-0.3, -0.25) is 0 Å². The first-order valence-electron chi connectivity index (χ1n) is 4.25. The zero-order valence-electron chi connectivity index (χ0n) is 8.08. The lowest BCUT2D eigenvalue weighted by Crippen LogP contribution is -2.52. The number of benzene rings is 1. The van der Waals surface area contributed by atoms with Gasteiger partial charge in [0.25, 0.3) is 0 Å². The van der Waals surface area contributed by atoms with Crippen molar-refractivity contribution in [2.75, 3.05) is 12.3 Å². The molecule has 0 aromatic heterocycles. The number of rotatable bonds is 4. The monoisotopic (exact) mass is 434 g/mol. The normalized spacial score (nSPS) is 11.5. The lowest BCUT2D eigenvalue weighted by molar-refractivity contribution is -0.360. The molecule has 0 heterocycles. The van der Waals surface area contributed by atoms with Gasteiger partial charge in [0.15, 0.2) is 0 Å². The summed E-state index contributed by atoms with van der Waals surface area (Å²) in [7, 11) is -3.46. The van der Waals surface area contributed by atoms with Crippen LogP contribution in [0.1, 0.15) is 0 Å². The van der Waals surface area contributed by atoms with Crippen molar-refractivity contribution in [3.05, 3.63) is 30.3 Å². The molecule has 0 amide bonds. The summed E-state index contributed by atoms with van der Waals surface area (Å²) in [6.07, 6.45) is 0. The van der Waals surface area contributed by atoms with Crippen LogP contribution in [0.4, 0.5) is 5.69 Å². The Morgan fingerprint density at radius 3 is 2.12 bits per heavy atom. The van der Waals surface area contributed by atoms with Gasteiger partial charge in [0.2, 0.25) is 0 Å². The van der Waals surface area contributed by atoms with Crippen LogP contribution in [0, 0.1) is 0 Å². The molecule has 4 nitrogen and oxygen atoms in total. The summed E-state index contributed by atoms with van der Waals surface area (Å²) in [4.78, 5) is 0. The molecular weight excluding hydrogens is 428 g/mol. The summed E-state index contributed by atoms with van der Waals surface area (Å²) in [5.74, 6) is -0.0536. The summed E-state index contributed by atoms with van der Waals surface area (Å²) >= 11 is 9.83. The Labute approximate surface area is 119 Å². The third-order valence-corrected chi connectivity index (χ3v) is 4.55. The third kappa shape index (κ3) is 3.99. The molecule has 3 N–H and O–H groups in total. The topological polar surface area (TPSA) is 75.9 Å². The van der Waals surface area contributed by atoms with E-state index in [9.17, 15) is 8.42 Å². The van der Waals surface area contributed by atoms with Gasteiger partial charge in [0.05, 0.1) is 22.3 Å². The zero-order valence-corrected chi connectivity index (χ0v) is 13.7. The highest BCUT2D eigenvalue weighted by molar-refractivity contribution is 9.11. The summed E-state index contributed by atoms with van der Waals surface area (Å²) in [6, 6.07) is 3.48. The van der Waals surface area contributed by atoms with E-state index in [0.29, 0.717) is 21.2 Å². The molecule has 0 aliphatic rings. The molecule has 0 radical (unpaired) electrons. The van der Waals surface area contributed by atoms with E-state index in [4.69, 9.17) is 0 Å². The van der Waals surface area contributed by atoms with Crippen molar-refractivity contribution >= 4 is 63.5 Å². The maximum Gasteiger partial charge on any atom is 0.0994 e. The van der Waals surface area contributed by atoms with Gasteiger partial charge in [-0.2, -0.15) is 0 Å². The van der Waals surface area contributed by atoms with E-state index in [-0.39, 0.29) is 5.75 Å². The van der Waals surface area contributed by atoms with Crippen LogP contribution in [-0.4, -0.2) is 20.7 Å². The number of sulfonamides is 1. The van der Waals surface area contributed by atoms with Gasteiger partial charge in [-0.05, 0) is 12.1 Å². The van der Waals surface area contributed by atoms with Gasteiger partial charge >= 0.3 is 0 Å². The summed E-state index contributed by atoms with van der Waals surface area (Å²) in [5, 5.41) is 0. The molecule has 0 fully saturated rings. The fraction of sp³-hybridized carbons (Fsp3) is 0.250. The quantitative estimate of drug-likeness (QED) is 0.787. The van der Waals surface area contributed by atoms with Crippen LogP contribution in [0.5, 0.6) is 0 Å². The first-order chi connectivity index (χ1) is 7.35. The highest BCUT2D eigenvalue weighted by Gasteiger charge is 2.05. The molecule has 0 unspecified atom stereocenters. The fourth-order valence-electron chi connectivity index (χ4n) is 0.989. The number of nitrogens with zero attached hydrogens (tertiary/aromatic N) is 1. The molecule has 0 aliphatic heterocycles. The number of quaternary nitrogens is 1. The Balaban J connectivity index is 3.07. The van der Waals surface area contributed by atoms with E-state index < -0.39 is 10.0 Å². The maximum atomic E-state index is 11.5. The zero-order chi connectivity index (χ0) is 12.3. The lowest BCUT2D eigenvalue weighted by Gasteiger charge is -2.24. The largest absolute Gasteiger partial charge is 0.575 e. The van der Waals surface area contributed by atoms with Crippen molar-refractivity contribution in [1.29, 1.82) is 0 Å². The van der Waals surface area contributed by atoms with Crippen LogP contribution in [0.2, 0.25) is 0 Å². The Bertz CT molecular complexity index is 467. The molecule has 0 aliphatic carbocycles. The van der Waals surface area contributed by atoms with Gasteiger partial charge in [-0.15, -0.1) is 0 Å². The minimum atomic E-state index is -3.46. The Kier molecular flexibility index (Phi) is 5.24. The second-order valence-corrected chi connectivity index (χ2v) is 7.33. The first-order valence-corrected chi connectivity index (χ1v) is 8.24. The predicted octanol–water partition coefficient (Wildman–Crippen LogP) is 2.55. The summed E-state index contributed by atoms with van der Waals surface area (Å²) in [6.45, 7) is 0.303. The van der Waals surface area contributed by atoms with E-state index in [1.807, 2.05) is 0 Å². The van der Waals surface area contributed by atoms with E-state index in [1.165, 1.54) is 0 Å². The van der Waals surface area contributed by atoms with E-state index >= 15 is 0 Å². The Morgan fingerprint density at radius 1 is 1.19 bits per heavy atom. The molecule has 1 aromatic rings. The maximum absolute atomic E-state index is 11.5. The molecule has 1 aromatic carbocycles. The molecule has 0 atom stereocenters. The first kappa shape index (κ1) is 14.4. The van der Waals surface area contributed by atoms with Gasteiger partial charge in [0, 0.05) is 13.4 Å². The third-order valence-electron chi connectivity index (χ3n) is 1.61. The van der Waals surface area contributed by atoms with Crippen LogP contribution in [-0.2, 0) is 10.0 Å². The average Bonchev–Trinajstić information content (AvgIpc) is 2.11. The summed E-state index contributed by atoms with van der Waals surface area (Å²) in [5.41, 5.74) is 3.87. The standard InChI is InChI=1S/C8H8Br3N2O2S/c9-5-3-6(10)8(7(11)4-5)13-16(14,15)2-1-12/h3-4H,1-2,12H2/q-1/p+1. The highest BCUT2D eigenvalue weighted by Crippen LogP contribution is 2.40. The smallest absolute Gasteiger partial charge is 0.0994 e. The van der Waals surface area contributed by atoms with Crippen LogP contribution < -0.4 is 5.73 Å². The predicted molar refractivity (Wildman–Crippen MR) is 74.1 cm³/mol. The SMILES string of the molecule is [NH3+]CCS(=O)(=O)[N-]c1c(Br)cc(Br)cc1Br. The van der Waals surface area contributed by atoms with Crippen LogP contribution >= 0.6 is 47.8 Å². The van der Waals surface area contributed by atoms with Crippen LogP contribution in [0.15, 0.2) is 25.6 Å². The van der Waals surface area contributed by atoms with Crippen molar-refractivity contribution in [1.82, 2.24) is 0 Å². The average molecular weight is 437 g/mol. The molecule has 0 bridgehead atoms. The van der Waals surface area contributed by atoms with Gasteiger partial charge in [-0.25, -0.2) is 8.42 Å². The molecular formula is C8H9Br3N2O2S. The van der Waals surface area contributed by atoms with E-state index in [0.717, 1.165) is 4.47 Å². The minimum Gasteiger partial charge on any atom is -0.575 e. The van der Waals surface area contributed by atoms with Crippen molar-refractivity contribution in [3.8, 4) is 0 Å². The highest BCUT2D eigenvalue weighted by atomic mass is 79.9. The second kappa shape index (κ2) is 5.81. The summed E-state index contributed by atoms with van der Waals surface area (Å²) < 4.78 is 28.9. The lowest BCUT2D eigenvalue weighted by atomic mass is 10.3. The molecule has 1 rings (SSSR count). The van der Waals surface area contributed by atoms with Crippen molar-refractivity contribution < 1.29 is 14.2 Å². The molecule has 8 heteroatoms. The van der Waals surface area contributed by atoms with Gasteiger partial charge in [-0.1, -0.05) is 53.5 Å². The Hall–Kier alpha value is 0.370.